The summed E-state index contributed by atoms with van der Waals surface area (Å²) in [5.41, 5.74) is 2.38. The van der Waals surface area contributed by atoms with Crippen LogP contribution < -0.4 is 5.32 Å². The smallest absolute Gasteiger partial charge is 0.340 e. The van der Waals surface area contributed by atoms with Crippen LogP contribution in [0.15, 0.2) is 18.2 Å². The number of methoxy groups -OCH3 is 1. The lowest BCUT2D eigenvalue weighted by molar-refractivity contribution is 0.0387. The molecule has 1 heterocycles. The molecule has 1 aromatic heterocycles. The Hall–Kier alpha value is -2.67. The minimum absolute atomic E-state index is 0.129. The fraction of sp³-hybridized carbons (Fsp3) is 0.333. The first-order chi connectivity index (χ1) is 11.8. The number of aryl methyl sites for hydroxylation is 2. The van der Waals surface area contributed by atoms with Gasteiger partial charge >= 0.3 is 5.97 Å². The second kappa shape index (κ2) is 7.94. The molecule has 2 rings (SSSR count). The average Bonchev–Trinajstić information content (AvgIpc) is 2.86. The number of anilines is 1. The molecule has 0 radical (unpaired) electrons. The number of aromatic amines is 1. The van der Waals surface area contributed by atoms with Gasteiger partial charge in [0.15, 0.2) is 0 Å². The second-order valence-electron chi connectivity index (χ2n) is 5.67. The summed E-state index contributed by atoms with van der Waals surface area (Å²) in [5.74, 6) is -1.39. The van der Waals surface area contributed by atoms with Gasteiger partial charge < -0.3 is 19.8 Å². The molecule has 1 aromatic carbocycles. The molecule has 0 aliphatic rings. The van der Waals surface area contributed by atoms with Gasteiger partial charge in [0.2, 0.25) is 0 Å². The number of ether oxygens (including phenoxy) is 2. The molecular weight excluding hydrogens is 327 g/mol. The number of hydrogen-bond donors (Lipinski definition) is 2. The highest BCUT2D eigenvalue weighted by atomic mass is 19.1. The van der Waals surface area contributed by atoms with Crippen LogP contribution in [0.25, 0.3) is 0 Å². The molecular formula is C18H21FN2O4. The van der Waals surface area contributed by atoms with Crippen molar-refractivity contribution in [1.82, 2.24) is 4.98 Å². The van der Waals surface area contributed by atoms with Gasteiger partial charge in [0.1, 0.15) is 18.1 Å². The van der Waals surface area contributed by atoms with Crippen molar-refractivity contribution >= 4 is 17.6 Å². The van der Waals surface area contributed by atoms with Crippen molar-refractivity contribution in [2.45, 2.75) is 20.8 Å². The largest absolute Gasteiger partial charge is 0.460 e. The van der Waals surface area contributed by atoms with Crippen LogP contribution in [0.3, 0.4) is 0 Å². The number of nitrogens with one attached hydrogen (secondary N) is 2. The summed E-state index contributed by atoms with van der Waals surface area (Å²) in [5, 5.41) is 2.62. The van der Waals surface area contributed by atoms with Crippen LogP contribution in [-0.4, -0.2) is 37.2 Å². The van der Waals surface area contributed by atoms with E-state index >= 15 is 0 Å². The van der Waals surface area contributed by atoms with Crippen molar-refractivity contribution in [1.29, 1.82) is 0 Å². The summed E-state index contributed by atoms with van der Waals surface area (Å²) >= 11 is 0. The Bertz CT molecular complexity index is 799. The molecule has 0 unspecified atom stereocenters. The lowest BCUT2D eigenvalue weighted by Crippen LogP contribution is -2.15. The Balaban J connectivity index is 2.19. The lowest BCUT2D eigenvalue weighted by Gasteiger charge is -2.07. The monoisotopic (exact) mass is 348 g/mol. The molecule has 134 valence electrons. The van der Waals surface area contributed by atoms with Crippen molar-refractivity contribution < 1.29 is 23.5 Å². The van der Waals surface area contributed by atoms with Crippen LogP contribution >= 0.6 is 0 Å². The van der Waals surface area contributed by atoms with Gasteiger partial charge in [-0.25, -0.2) is 9.18 Å². The molecule has 0 spiro atoms. The molecule has 0 saturated heterocycles. The van der Waals surface area contributed by atoms with E-state index in [-0.39, 0.29) is 12.3 Å². The molecule has 0 aliphatic carbocycles. The highest BCUT2D eigenvalue weighted by Crippen LogP contribution is 2.21. The number of aromatic nitrogens is 1. The topological polar surface area (TPSA) is 80.4 Å². The van der Waals surface area contributed by atoms with Crippen LogP contribution in [0.2, 0.25) is 0 Å². The zero-order valence-electron chi connectivity index (χ0n) is 14.7. The number of H-pyrrole nitrogens is 1. The zero-order chi connectivity index (χ0) is 18.6. The maximum Gasteiger partial charge on any atom is 0.340 e. The van der Waals surface area contributed by atoms with E-state index in [9.17, 15) is 14.0 Å². The normalized spacial score (nSPS) is 10.6. The van der Waals surface area contributed by atoms with Crippen LogP contribution in [0.4, 0.5) is 10.1 Å². The van der Waals surface area contributed by atoms with Crippen LogP contribution in [-0.2, 0) is 9.47 Å². The fourth-order valence-electron chi connectivity index (χ4n) is 2.44. The maximum absolute atomic E-state index is 13.6. The van der Waals surface area contributed by atoms with E-state index < -0.39 is 17.7 Å². The Morgan fingerprint density at radius 2 is 1.92 bits per heavy atom. The van der Waals surface area contributed by atoms with E-state index in [1.165, 1.54) is 13.2 Å². The van der Waals surface area contributed by atoms with E-state index in [0.717, 1.165) is 0 Å². The van der Waals surface area contributed by atoms with Gasteiger partial charge in [-0.15, -0.1) is 0 Å². The quantitative estimate of drug-likeness (QED) is 0.621. The number of rotatable bonds is 6. The number of esters is 1. The van der Waals surface area contributed by atoms with E-state index in [0.29, 0.717) is 34.7 Å². The summed E-state index contributed by atoms with van der Waals surface area (Å²) in [6, 6.07) is 4.44. The third kappa shape index (κ3) is 4.24. The van der Waals surface area contributed by atoms with Gasteiger partial charge in [-0.05, 0) is 44.0 Å². The van der Waals surface area contributed by atoms with Gasteiger partial charge in [0, 0.05) is 18.5 Å². The molecule has 25 heavy (non-hydrogen) atoms. The predicted molar refractivity (Wildman–Crippen MR) is 91.5 cm³/mol. The summed E-state index contributed by atoms with van der Waals surface area (Å²) in [4.78, 5) is 27.5. The van der Waals surface area contributed by atoms with Gasteiger partial charge in [-0.1, -0.05) is 6.07 Å². The maximum atomic E-state index is 13.6. The Kier molecular flexibility index (Phi) is 5.93. The summed E-state index contributed by atoms with van der Waals surface area (Å²) < 4.78 is 23.5. The summed E-state index contributed by atoms with van der Waals surface area (Å²) in [6.45, 7) is 5.40. The number of halogens is 1. The number of hydrogen-bond acceptors (Lipinski definition) is 4. The van der Waals surface area contributed by atoms with Crippen molar-refractivity contribution in [3.63, 3.8) is 0 Å². The van der Waals surface area contributed by atoms with E-state index in [4.69, 9.17) is 9.47 Å². The van der Waals surface area contributed by atoms with Gasteiger partial charge in [0.05, 0.1) is 12.2 Å². The Morgan fingerprint density at radius 3 is 2.56 bits per heavy atom. The second-order valence-corrected chi connectivity index (χ2v) is 5.67. The fourth-order valence-corrected chi connectivity index (χ4v) is 2.44. The van der Waals surface area contributed by atoms with Crippen molar-refractivity contribution in [3.05, 3.63) is 52.1 Å². The third-order valence-corrected chi connectivity index (χ3v) is 3.82. The van der Waals surface area contributed by atoms with Crippen molar-refractivity contribution in [2.24, 2.45) is 0 Å². The molecule has 0 bridgehead atoms. The number of benzene rings is 1. The van der Waals surface area contributed by atoms with E-state index in [1.807, 2.05) is 0 Å². The lowest BCUT2D eigenvalue weighted by atomic mass is 10.1. The standard InChI is InChI=1S/C18H21FN2O4/c1-10-5-6-13(9-14(10)19)21-17(22)16-11(2)15(12(3)20-16)18(23)25-8-7-24-4/h5-6,9,20H,7-8H2,1-4H3,(H,21,22). The van der Waals surface area contributed by atoms with E-state index in [2.05, 4.69) is 10.3 Å². The van der Waals surface area contributed by atoms with Gasteiger partial charge in [0.25, 0.3) is 5.91 Å². The van der Waals surface area contributed by atoms with Crippen LogP contribution in [0.5, 0.6) is 0 Å². The molecule has 0 aliphatic heterocycles. The van der Waals surface area contributed by atoms with E-state index in [1.54, 1.807) is 32.9 Å². The first-order valence-electron chi connectivity index (χ1n) is 7.77. The minimum atomic E-state index is -0.524. The number of amides is 1. The highest BCUT2D eigenvalue weighted by Gasteiger charge is 2.23. The molecule has 6 nitrogen and oxygen atoms in total. The van der Waals surface area contributed by atoms with Gasteiger partial charge in [-0.3, -0.25) is 4.79 Å². The predicted octanol–water partition coefficient (Wildman–Crippen LogP) is 3.13. The number of carbonyl (C=O) groups is 2. The molecule has 1 amide bonds. The first kappa shape index (κ1) is 18.7. The Labute approximate surface area is 145 Å². The highest BCUT2D eigenvalue weighted by molar-refractivity contribution is 6.06. The van der Waals surface area contributed by atoms with Gasteiger partial charge in [-0.2, -0.15) is 0 Å². The summed E-state index contributed by atoms with van der Waals surface area (Å²) in [6.07, 6.45) is 0. The average molecular weight is 348 g/mol. The molecule has 0 fully saturated rings. The molecule has 0 saturated carbocycles. The zero-order valence-corrected chi connectivity index (χ0v) is 14.7. The Morgan fingerprint density at radius 1 is 1.20 bits per heavy atom. The third-order valence-electron chi connectivity index (χ3n) is 3.82. The van der Waals surface area contributed by atoms with Crippen molar-refractivity contribution in [2.75, 3.05) is 25.6 Å². The van der Waals surface area contributed by atoms with Crippen molar-refractivity contribution in [3.8, 4) is 0 Å². The molecule has 0 atom stereocenters. The summed E-state index contributed by atoms with van der Waals surface area (Å²) in [7, 11) is 1.51. The number of carbonyl (C=O) groups excluding carboxylic acids is 2. The first-order valence-corrected chi connectivity index (χ1v) is 7.77. The van der Waals surface area contributed by atoms with Crippen LogP contribution in [0.1, 0.15) is 37.7 Å². The molecule has 2 N–H and O–H groups in total. The SMILES string of the molecule is COCCOC(=O)c1c(C)[nH]c(C(=O)Nc2ccc(C)c(F)c2)c1C. The molecule has 7 heteroatoms. The van der Waals surface area contributed by atoms with Crippen LogP contribution in [0, 0.1) is 26.6 Å². The minimum Gasteiger partial charge on any atom is -0.460 e. The molecule has 2 aromatic rings.